The molecule has 0 spiro atoms. The van der Waals surface area contributed by atoms with Crippen molar-refractivity contribution in [1.29, 1.82) is 0 Å². The van der Waals surface area contributed by atoms with E-state index in [1.807, 2.05) is 32.0 Å². The summed E-state index contributed by atoms with van der Waals surface area (Å²) in [6.45, 7) is 6.08. The summed E-state index contributed by atoms with van der Waals surface area (Å²) in [5, 5.41) is 0. The van der Waals surface area contributed by atoms with Gasteiger partial charge in [0.1, 0.15) is 0 Å². The topological polar surface area (TPSA) is 18.5 Å². The fraction of sp³-hybridized carbons (Fsp3) is 0.538. The van der Waals surface area contributed by atoms with Gasteiger partial charge >= 0.3 is 0 Å². The second-order valence-corrected chi connectivity index (χ2v) is 2.47. The van der Waals surface area contributed by atoms with Crippen molar-refractivity contribution in [2.45, 2.75) is 20.8 Å². The molecule has 0 aliphatic heterocycles. The van der Waals surface area contributed by atoms with Gasteiger partial charge in [-0.1, -0.05) is 49.7 Å². The maximum absolute atomic E-state index is 4.25. The van der Waals surface area contributed by atoms with Crippen molar-refractivity contribution in [1.82, 2.24) is 0 Å². The van der Waals surface area contributed by atoms with Crippen molar-refractivity contribution in [3.63, 3.8) is 0 Å². The van der Waals surface area contributed by atoms with E-state index in [0.29, 0.717) is 0 Å². The van der Waals surface area contributed by atoms with Crippen molar-refractivity contribution in [2.24, 2.45) is 0 Å². The standard InChI is InChI=1S/C7H8.2C2H6O.C2H6/c1-7-5-3-2-4-6-7;2*1-3-2;1-2/h2-6H,1H3;2*1-2H3;1-2H3. The highest BCUT2D eigenvalue weighted by Crippen LogP contribution is 1.92. The molecule has 0 bridgehead atoms. The Labute approximate surface area is 95.2 Å². The molecule has 0 aliphatic rings. The largest absolute Gasteiger partial charge is 0.388 e. The van der Waals surface area contributed by atoms with Gasteiger partial charge in [-0.2, -0.15) is 0 Å². The van der Waals surface area contributed by atoms with Crippen LogP contribution in [0.1, 0.15) is 19.4 Å². The monoisotopic (exact) mass is 214 g/mol. The first-order valence-corrected chi connectivity index (χ1v) is 5.04. The summed E-state index contributed by atoms with van der Waals surface area (Å²) in [6, 6.07) is 10.3. The molecule has 0 saturated heterocycles. The summed E-state index contributed by atoms with van der Waals surface area (Å²) in [7, 11) is 6.50. The van der Waals surface area contributed by atoms with Crippen molar-refractivity contribution in [3.8, 4) is 0 Å². The third kappa shape index (κ3) is 32.0. The molecule has 0 saturated carbocycles. The van der Waals surface area contributed by atoms with E-state index in [1.165, 1.54) is 5.56 Å². The molecule has 0 heterocycles. The smallest absolute Gasteiger partial charge is 0.0351 e. The molecule has 15 heavy (non-hydrogen) atoms. The highest BCUT2D eigenvalue weighted by atomic mass is 16.5. The number of ether oxygens (including phenoxy) is 2. The van der Waals surface area contributed by atoms with Gasteiger partial charge in [0.15, 0.2) is 0 Å². The minimum atomic E-state index is 1.32. The van der Waals surface area contributed by atoms with E-state index in [1.54, 1.807) is 28.4 Å². The zero-order valence-corrected chi connectivity index (χ0v) is 11.2. The van der Waals surface area contributed by atoms with E-state index >= 15 is 0 Å². The molecule has 1 rings (SSSR count). The van der Waals surface area contributed by atoms with Crippen molar-refractivity contribution in [3.05, 3.63) is 35.9 Å². The second kappa shape index (κ2) is 23.2. The second-order valence-electron chi connectivity index (χ2n) is 2.47. The Morgan fingerprint density at radius 1 is 0.733 bits per heavy atom. The highest BCUT2D eigenvalue weighted by Gasteiger charge is 1.72. The lowest BCUT2D eigenvalue weighted by atomic mass is 10.2. The van der Waals surface area contributed by atoms with Crippen LogP contribution in [0.4, 0.5) is 0 Å². The van der Waals surface area contributed by atoms with E-state index in [-0.39, 0.29) is 0 Å². The molecule has 0 aromatic heterocycles. The van der Waals surface area contributed by atoms with E-state index < -0.39 is 0 Å². The van der Waals surface area contributed by atoms with Gasteiger partial charge in [-0.25, -0.2) is 0 Å². The molecule has 0 aliphatic carbocycles. The molecule has 2 nitrogen and oxygen atoms in total. The van der Waals surface area contributed by atoms with Crippen LogP contribution in [-0.4, -0.2) is 28.4 Å². The first kappa shape index (κ1) is 19.7. The lowest BCUT2D eigenvalue weighted by molar-refractivity contribution is 0.277. The van der Waals surface area contributed by atoms with Crippen LogP contribution in [0, 0.1) is 6.92 Å². The SMILES string of the molecule is CC.COC.COC.Cc1ccccc1. The minimum Gasteiger partial charge on any atom is -0.388 e. The fourth-order valence-corrected chi connectivity index (χ4v) is 0.534. The van der Waals surface area contributed by atoms with Gasteiger partial charge in [0.25, 0.3) is 0 Å². The third-order valence-electron chi connectivity index (χ3n) is 0.940. The van der Waals surface area contributed by atoms with Gasteiger partial charge < -0.3 is 9.47 Å². The summed E-state index contributed by atoms with van der Waals surface area (Å²) in [5.74, 6) is 0. The molecule has 1 aromatic rings. The van der Waals surface area contributed by atoms with Crippen LogP contribution in [0.2, 0.25) is 0 Å². The summed E-state index contributed by atoms with van der Waals surface area (Å²) >= 11 is 0. The lowest BCUT2D eigenvalue weighted by Gasteiger charge is -1.82. The molecule has 0 fully saturated rings. The first-order valence-electron chi connectivity index (χ1n) is 5.04. The van der Waals surface area contributed by atoms with Gasteiger partial charge in [0.2, 0.25) is 0 Å². The molecule has 0 atom stereocenters. The van der Waals surface area contributed by atoms with E-state index in [2.05, 4.69) is 28.5 Å². The summed E-state index contributed by atoms with van der Waals surface area (Å²) in [5.41, 5.74) is 1.32. The number of aryl methyl sites for hydroxylation is 1. The average Bonchev–Trinajstić information content (AvgIpc) is 2.24. The number of methoxy groups -OCH3 is 2. The molecular formula is C13H26O2. The summed E-state index contributed by atoms with van der Waals surface area (Å²) < 4.78 is 8.50. The van der Waals surface area contributed by atoms with E-state index in [0.717, 1.165) is 0 Å². The highest BCUT2D eigenvalue weighted by molar-refractivity contribution is 5.11. The van der Waals surface area contributed by atoms with Crippen LogP contribution >= 0.6 is 0 Å². The van der Waals surface area contributed by atoms with Crippen LogP contribution in [-0.2, 0) is 9.47 Å². The predicted molar refractivity (Wildman–Crippen MR) is 68.4 cm³/mol. The Morgan fingerprint density at radius 2 is 1.00 bits per heavy atom. The summed E-state index contributed by atoms with van der Waals surface area (Å²) in [6.07, 6.45) is 0. The third-order valence-corrected chi connectivity index (χ3v) is 0.940. The number of benzene rings is 1. The van der Waals surface area contributed by atoms with Crippen LogP contribution in [0.15, 0.2) is 30.3 Å². The fourth-order valence-electron chi connectivity index (χ4n) is 0.534. The van der Waals surface area contributed by atoms with E-state index in [9.17, 15) is 0 Å². The number of rotatable bonds is 0. The Bertz CT molecular complexity index is 159. The number of hydrogen-bond acceptors (Lipinski definition) is 2. The first-order chi connectivity index (χ1) is 7.22. The normalized spacial score (nSPS) is 6.87. The van der Waals surface area contributed by atoms with Crippen molar-refractivity contribution >= 4 is 0 Å². The average molecular weight is 214 g/mol. The Balaban J connectivity index is -0.000000154. The lowest BCUT2D eigenvalue weighted by Crippen LogP contribution is -1.62. The van der Waals surface area contributed by atoms with Gasteiger partial charge in [0.05, 0.1) is 0 Å². The van der Waals surface area contributed by atoms with Gasteiger partial charge in [-0.05, 0) is 6.92 Å². The minimum absolute atomic E-state index is 1.32. The molecule has 0 unspecified atom stereocenters. The van der Waals surface area contributed by atoms with Gasteiger partial charge in [-0.15, -0.1) is 0 Å². The van der Waals surface area contributed by atoms with E-state index in [4.69, 9.17) is 0 Å². The zero-order chi connectivity index (χ0) is 12.5. The van der Waals surface area contributed by atoms with Crippen molar-refractivity contribution < 1.29 is 9.47 Å². The molecule has 0 radical (unpaired) electrons. The number of hydrogen-bond donors (Lipinski definition) is 0. The van der Waals surface area contributed by atoms with Gasteiger partial charge in [-0.3, -0.25) is 0 Å². The van der Waals surface area contributed by atoms with Crippen molar-refractivity contribution in [2.75, 3.05) is 28.4 Å². The molecule has 0 N–H and O–H groups in total. The van der Waals surface area contributed by atoms with Gasteiger partial charge in [0, 0.05) is 28.4 Å². The molecular weight excluding hydrogens is 188 g/mol. The van der Waals surface area contributed by atoms with Crippen LogP contribution < -0.4 is 0 Å². The Hall–Kier alpha value is -0.860. The molecule has 0 amide bonds. The predicted octanol–water partition coefficient (Wildman–Crippen LogP) is 3.55. The van der Waals surface area contributed by atoms with Crippen LogP contribution in [0.25, 0.3) is 0 Å². The Kier molecular flexibility index (Phi) is 30.4. The molecule has 2 heteroatoms. The van der Waals surface area contributed by atoms with Crippen LogP contribution in [0.5, 0.6) is 0 Å². The maximum Gasteiger partial charge on any atom is 0.0351 e. The molecule has 90 valence electrons. The Morgan fingerprint density at radius 3 is 1.13 bits per heavy atom. The maximum atomic E-state index is 4.25. The van der Waals surface area contributed by atoms with Crippen LogP contribution in [0.3, 0.4) is 0 Å². The molecule has 1 aromatic carbocycles. The quantitative estimate of drug-likeness (QED) is 0.657. The summed E-state index contributed by atoms with van der Waals surface area (Å²) in [4.78, 5) is 0. The zero-order valence-electron chi connectivity index (χ0n) is 11.2.